The second kappa shape index (κ2) is 15.2. The molecule has 2 N–H and O–H groups in total. The fraction of sp³-hybridized carbons (Fsp3) is 0.268. The lowest BCUT2D eigenvalue weighted by molar-refractivity contribution is -0.384. The Morgan fingerprint density at radius 3 is 2.30 bits per heavy atom. The summed E-state index contributed by atoms with van der Waals surface area (Å²) in [6.07, 6.45) is -1.23. The number of non-ortho nitro benzene ring substituents is 1. The van der Waals surface area contributed by atoms with E-state index in [1.54, 1.807) is 48.1 Å². The quantitative estimate of drug-likeness (QED) is 0.0844. The van der Waals surface area contributed by atoms with Gasteiger partial charge in [0.1, 0.15) is 36.1 Å². The first-order chi connectivity index (χ1) is 27.2. The molecule has 1 amide bonds. The third kappa shape index (κ3) is 6.65. The molecule has 15 heteroatoms. The van der Waals surface area contributed by atoms with Crippen LogP contribution in [0.25, 0.3) is 11.2 Å². The number of nitro groups is 1. The van der Waals surface area contributed by atoms with Crippen LogP contribution >= 0.6 is 0 Å². The first-order valence-electron chi connectivity index (χ1n) is 17.9. The van der Waals surface area contributed by atoms with Gasteiger partial charge < -0.3 is 34.1 Å². The number of fused-ring (bicyclic) bond motifs is 3. The predicted octanol–water partition coefficient (Wildman–Crippen LogP) is 6.01. The number of hydrogen-bond acceptors (Lipinski definition) is 12. The van der Waals surface area contributed by atoms with Crippen molar-refractivity contribution >= 4 is 28.6 Å². The van der Waals surface area contributed by atoms with Gasteiger partial charge in [-0.15, -0.1) is 0 Å². The van der Waals surface area contributed by atoms with Crippen molar-refractivity contribution in [2.45, 2.75) is 44.0 Å². The maximum absolute atomic E-state index is 13.0. The molecule has 1 fully saturated rings. The van der Waals surface area contributed by atoms with Crippen molar-refractivity contribution in [3.05, 3.63) is 147 Å². The summed E-state index contributed by atoms with van der Waals surface area (Å²) in [4.78, 5) is 37.6. The molecule has 8 rings (SSSR count). The Bertz CT molecular complexity index is 2350. The number of carbonyl (C=O) groups excluding carboxylic acids is 1. The maximum Gasteiger partial charge on any atom is 0.269 e. The lowest BCUT2D eigenvalue weighted by Crippen LogP contribution is -2.41. The van der Waals surface area contributed by atoms with Gasteiger partial charge >= 0.3 is 0 Å². The molecule has 2 aromatic heterocycles. The number of hydrogen-bond donors (Lipinski definition) is 2. The largest absolute Gasteiger partial charge is 0.457 e. The molecule has 0 unspecified atom stereocenters. The third-order valence-corrected chi connectivity index (χ3v) is 10.0. The second-order valence-electron chi connectivity index (χ2n) is 13.6. The summed E-state index contributed by atoms with van der Waals surface area (Å²) in [5.74, 6) is 0.938. The number of aliphatic hydroxyl groups excluding tert-OH is 1. The number of nitrogens with zero attached hydrogens (tertiary/aromatic N) is 5. The zero-order valence-electron chi connectivity index (χ0n) is 30.7. The van der Waals surface area contributed by atoms with Crippen LogP contribution in [0.4, 0.5) is 11.5 Å². The summed E-state index contributed by atoms with van der Waals surface area (Å²) >= 11 is 0. The van der Waals surface area contributed by atoms with E-state index in [1.807, 2.05) is 56.3 Å². The zero-order chi connectivity index (χ0) is 39.0. The van der Waals surface area contributed by atoms with Crippen LogP contribution in [0, 0.1) is 24.0 Å². The normalized spacial score (nSPS) is 19.6. The molecular weight excluding hydrogens is 720 g/mol. The van der Waals surface area contributed by atoms with Gasteiger partial charge in [0.15, 0.2) is 28.8 Å². The van der Waals surface area contributed by atoms with Crippen LogP contribution in [0.3, 0.4) is 0 Å². The number of amides is 1. The molecule has 4 atom stereocenters. The summed E-state index contributed by atoms with van der Waals surface area (Å²) in [5, 5.41) is 26.5. The molecule has 56 heavy (non-hydrogen) atoms. The Hall–Kier alpha value is -6.10. The summed E-state index contributed by atoms with van der Waals surface area (Å²) < 4.78 is 33.2. The number of nitrogens with one attached hydrogen (secondary N) is 1. The van der Waals surface area contributed by atoms with Crippen molar-refractivity contribution in [1.82, 2.24) is 19.5 Å². The van der Waals surface area contributed by atoms with Gasteiger partial charge in [0, 0.05) is 35.9 Å². The van der Waals surface area contributed by atoms with E-state index in [9.17, 15) is 20.0 Å². The SMILES string of the molecule is COCCO[C@@H]1[C@H](O)[C@@H](COC2(c3ccc([N+](=O)[O-])cc3)c3cc(C)ccc3Oc3ccc(C)cc32)O[C@H]1n1cnc2c(NC(=O)c3ccccc3)ncnc21. The lowest BCUT2D eigenvalue weighted by Gasteiger charge is -2.41. The van der Waals surface area contributed by atoms with E-state index in [-0.39, 0.29) is 37.2 Å². The average Bonchev–Trinajstić information content (AvgIpc) is 3.78. The van der Waals surface area contributed by atoms with Gasteiger partial charge in [-0.25, -0.2) is 15.0 Å². The Kier molecular flexibility index (Phi) is 10.0. The molecular formula is C41H38N6O9. The van der Waals surface area contributed by atoms with Crippen molar-refractivity contribution in [2.24, 2.45) is 0 Å². The molecule has 0 saturated carbocycles. The number of ether oxygens (including phenoxy) is 5. The highest BCUT2D eigenvalue weighted by atomic mass is 16.6. The van der Waals surface area contributed by atoms with E-state index in [4.69, 9.17) is 23.7 Å². The number of rotatable bonds is 12. The number of methoxy groups -OCH3 is 1. The van der Waals surface area contributed by atoms with Crippen molar-refractivity contribution in [2.75, 3.05) is 32.2 Å². The molecule has 2 aliphatic heterocycles. The Morgan fingerprint density at radius 1 is 0.946 bits per heavy atom. The predicted molar refractivity (Wildman–Crippen MR) is 203 cm³/mol. The number of aliphatic hydroxyl groups is 1. The van der Waals surface area contributed by atoms with Gasteiger partial charge in [0.2, 0.25) is 0 Å². The van der Waals surface area contributed by atoms with Crippen LogP contribution in [0.5, 0.6) is 11.5 Å². The number of imidazole rings is 1. The number of aromatic nitrogens is 4. The van der Waals surface area contributed by atoms with Crippen molar-refractivity contribution in [3.8, 4) is 11.5 Å². The Balaban J connectivity index is 1.17. The number of carbonyl (C=O) groups is 1. The van der Waals surface area contributed by atoms with Crippen LogP contribution < -0.4 is 10.1 Å². The fourth-order valence-corrected chi connectivity index (χ4v) is 7.28. The van der Waals surface area contributed by atoms with Gasteiger partial charge in [-0.2, -0.15) is 0 Å². The molecule has 2 aliphatic rings. The lowest BCUT2D eigenvalue weighted by atomic mass is 9.76. The minimum atomic E-state index is -1.34. The van der Waals surface area contributed by atoms with Crippen molar-refractivity contribution in [3.63, 3.8) is 0 Å². The molecule has 0 spiro atoms. The molecule has 4 aromatic carbocycles. The van der Waals surface area contributed by atoms with Gasteiger partial charge in [0.05, 0.1) is 31.1 Å². The topological polar surface area (TPSA) is 182 Å². The van der Waals surface area contributed by atoms with E-state index < -0.39 is 35.1 Å². The van der Waals surface area contributed by atoms with E-state index in [2.05, 4.69) is 20.3 Å². The number of nitro benzene ring substituents is 1. The van der Waals surface area contributed by atoms with Gasteiger partial charge in [0.25, 0.3) is 11.6 Å². The third-order valence-electron chi connectivity index (χ3n) is 10.0. The summed E-state index contributed by atoms with van der Waals surface area (Å²) in [6.45, 7) is 4.17. The molecule has 0 aliphatic carbocycles. The standard InChI is InChI=1S/C41H38N6O9/c1-24-9-15-31-29(19-24)41(27-11-13-28(14-12-27)47(50)51,30-20-25(2)10-16-32(30)55-31)54-21-33-35(48)36(53-18-17-52-3)40(56-33)46-23-44-34-37(42-22-43-38(34)46)45-39(49)26-7-5-4-6-8-26/h4-16,19-20,22-23,33,35-36,40,48H,17-18,21H2,1-3H3,(H,42,43,45,49)/t33-,35-,36-,40-/m1/s1. The first kappa shape index (κ1) is 36.9. The molecule has 286 valence electrons. The van der Waals surface area contributed by atoms with Gasteiger partial charge in [-0.1, -0.05) is 41.5 Å². The number of anilines is 1. The summed E-state index contributed by atoms with van der Waals surface area (Å²) in [5.41, 5.74) is 3.54. The molecule has 6 aromatic rings. The monoisotopic (exact) mass is 758 g/mol. The van der Waals surface area contributed by atoms with Gasteiger partial charge in [-0.05, 0) is 67.9 Å². The van der Waals surface area contributed by atoms with Crippen LogP contribution in [-0.2, 0) is 24.5 Å². The van der Waals surface area contributed by atoms with Crippen LogP contribution in [0.1, 0.15) is 44.4 Å². The second-order valence-corrected chi connectivity index (χ2v) is 13.6. The average molecular weight is 759 g/mol. The number of benzene rings is 4. The first-order valence-corrected chi connectivity index (χ1v) is 17.9. The molecule has 1 saturated heterocycles. The Labute approximate surface area is 321 Å². The van der Waals surface area contributed by atoms with E-state index >= 15 is 0 Å². The van der Waals surface area contributed by atoms with E-state index in [1.165, 1.54) is 24.8 Å². The van der Waals surface area contributed by atoms with E-state index in [0.29, 0.717) is 44.9 Å². The molecule has 4 heterocycles. The number of aryl methyl sites for hydroxylation is 2. The summed E-state index contributed by atoms with van der Waals surface area (Å²) in [6, 6.07) is 26.5. The van der Waals surface area contributed by atoms with Crippen LogP contribution in [0.15, 0.2) is 104 Å². The van der Waals surface area contributed by atoms with Crippen LogP contribution in [-0.4, -0.2) is 80.7 Å². The fourth-order valence-electron chi connectivity index (χ4n) is 7.28. The van der Waals surface area contributed by atoms with Crippen molar-refractivity contribution in [1.29, 1.82) is 0 Å². The molecule has 0 radical (unpaired) electrons. The summed E-state index contributed by atoms with van der Waals surface area (Å²) in [7, 11) is 1.55. The van der Waals surface area contributed by atoms with Crippen molar-refractivity contribution < 1.29 is 38.5 Å². The molecule has 15 nitrogen and oxygen atoms in total. The highest BCUT2D eigenvalue weighted by Gasteiger charge is 2.50. The molecule has 0 bridgehead atoms. The minimum Gasteiger partial charge on any atom is -0.457 e. The smallest absolute Gasteiger partial charge is 0.269 e. The Morgan fingerprint density at radius 2 is 1.64 bits per heavy atom. The minimum absolute atomic E-state index is 0.0718. The highest BCUT2D eigenvalue weighted by Crippen LogP contribution is 2.53. The maximum atomic E-state index is 13.0. The van der Waals surface area contributed by atoms with Crippen LogP contribution in [0.2, 0.25) is 0 Å². The zero-order valence-corrected chi connectivity index (χ0v) is 30.7. The highest BCUT2D eigenvalue weighted by molar-refractivity contribution is 6.06. The van der Waals surface area contributed by atoms with E-state index in [0.717, 1.165) is 11.1 Å². The van der Waals surface area contributed by atoms with Gasteiger partial charge in [-0.3, -0.25) is 19.5 Å².